The average molecular weight is 326 g/mol. The predicted molar refractivity (Wildman–Crippen MR) is 85.2 cm³/mol. The van der Waals surface area contributed by atoms with Crippen LogP contribution in [0.3, 0.4) is 0 Å². The molecule has 0 amide bonds. The maximum Gasteiger partial charge on any atom is 0.244 e. The first kappa shape index (κ1) is 16.0. The lowest BCUT2D eigenvalue weighted by Crippen LogP contribution is -2.39. The molecule has 1 aromatic heterocycles. The lowest BCUT2D eigenvalue weighted by molar-refractivity contribution is 0.242. The summed E-state index contributed by atoms with van der Waals surface area (Å²) < 4.78 is 29.9. The Morgan fingerprint density at radius 2 is 1.86 bits per heavy atom. The number of hydrogen-bond donors (Lipinski definition) is 1. The van der Waals surface area contributed by atoms with Gasteiger partial charge in [0.05, 0.1) is 11.4 Å². The maximum absolute atomic E-state index is 12.7. The smallest absolute Gasteiger partial charge is 0.244 e. The van der Waals surface area contributed by atoms with Gasteiger partial charge in [0, 0.05) is 32.2 Å². The maximum atomic E-state index is 12.7. The molecule has 2 heterocycles. The minimum atomic E-state index is -3.49. The van der Waals surface area contributed by atoms with E-state index in [-0.39, 0.29) is 6.04 Å². The summed E-state index contributed by atoms with van der Waals surface area (Å²) >= 11 is 0. The van der Waals surface area contributed by atoms with Crippen LogP contribution in [0, 0.1) is 13.8 Å². The van der Waals surface area contributed by atoms with Crippen molar-refractivity contribution >= 4 is 10.0 Å². The molecule has 22 heavy (non-hydrogen) atoms. The molecule has 0 aromatic carbocycles. The quantitative estimate of drug-likeness (QED) is 0.906. The molecule has 6 nitrogen and oxygen atoms in total. The van der Waals surface area contributed by atoms with Crippen molar-refractivity contribution in [3.8, 4) is 0 Å². The summed E-state index contributed by atoms with van der Waals surface area (Å²) in [5.74, 6) is 0. The van der Waals surface area contributed by atoms with Crippen molar-refractivity contribution in [2.24, 2.45) is 7.05 Å². The van der Waals surface area contributed by atoms with Gasteiger partial charge in [0.25, 0.3) is 0 Å². The van der Waals surface area contributed by atoms with Crippen LogP contribution in [0.25, 0.3) is 0 Å². The van der Waals surface area contributed by atoms with E-state index in [0.29, 0.717) is 22.3 Å². The molecule has 0 radical (unpaired) electrons. The zero-order valence-electron chi connectivity index (χ0n) is 13.7. The Morgan fingerprint density at radius 3 is 2.45 bits per heavy atom. The second-order valence-electron chi connectivity index (χ2n) is 6.66. The van der Waals surface area contributed by atoms with Crippen LogP contribution in [-0.2, 0) is 17.1 Å². The van der Waals surface area contributed by atoms with E-state index in [2.05, 4.69) is 14.7 Å². The monoisotopic (exact) mass is 326 g/mol. The van der Waals surface area contributed by atoms with Crippen LogP contribution in [0.4, 0.5) is 0 Å². The Morgan fingerprint density at radius 1 is 1.18 bits per heavy atom. The summed E-state index contributed by atoms with van der Waals surface area (Å²) in [4.78, 5) is 2.80. The van der Waals surface area contributed by atoms with Crippen molar-refractivity contribution in [2.75, 3.05) is 13.1 Å². The first-order chi connectivity index (χ1) is 10.4. The largest absolute Gasteiger partial charge is 0.299 e. The highest BCUT2D eigenvalue weighted by Crippen LogP contribution is 2.27. The van der Waals surface area contributed by atoms with E-state index in [1.807, 2.05) is 0 Å². The van der Waals surface area contributed by atoms with Crippen molar-refractivity contribution in [1.29, 1.82) is 0 Å². The van der Waals surface area contributed by atoms with E-state index >= 15 is 0 Å². The lowest BCUT2D eigenvalue weighted by atomic mass is 10.2. The summed E-state index contributed by atoms with van der Waals surface area (Å²) in [5.41, 5.74) is 1.26. The van der Waals surface area contributed by atoms with Crippen molar-refractivity contribution < 1.29 is 8.42 Å². The zero-order valence-corrected chi connectivity index (χ0v) is 14.5. The highest BCUT2D eigenvalue weighted by Gasteiger charge is 2.33. The van der Waals surface area contributed by atoms with E-state index < -0.39 is 10.0 Å². The topological polar surface area (TPSA) is 67.2 Å². The van der Waals surface area contributed by atoms with Gasteiger partial charge >= 0.3 is 0 Å². The molecule has 1 aromatic rings. The molecular formula is C15H26N4O2S. The van der Waals surface area contributed by atoms with Crippen LogP contribution >= 0.6 is 0 Å². The van der Waals surface area contributed by atoms with Gasteiger partial charge in [0.2, 0.25) is 10.0 Å². The summed E-state index contributed by atoms with van der Waals surface area (Å²) in [5, 5.41) is 4.22. The van der Waals surface area contributed by atoms with Gasteiger partial charge in [0.1, 0.15) is 4.90 Å². The van der Waals surface area contributed by atoms with E-state index in [1.165, 1.54) is 25.7 Å². The molecule has 124 valence electrons. The standard InChI is InChI=1S/C15H26N4O2S/c1-11-15(12(2)18(3)16-11)22(20,21)17-13-8-9-19(10-13)14-6-4-5-7-14/h13-14,17H,4-10H2,1-3H3/t13-/m0/s1. The number of hydrogen-bond acceptors (Lipinski definition) is 4. The Kier molecular flexibility index (Phi) is 4.31. The SMILES string of the molecule is Cc1nn(C)c(C)c1S(=O)(=O)N[C@H]1CCN(C2CCCC2)C1. The fourth-order valence-electron chi connectivity index (χ4n) is 3.91. The molecule has 1 saturated carbocycles. The van der Waals surface area contributed by atoms with E-state index in [0.717, 1.165) is 19.5 Å². The number of nitrogens with zero attached hydrogens (tertiary/aromatic N) is 3. The van der Waals surface area contributed by atoms with E-state index in [1.54, 1.807) is 25.6 Å². The van der Waals surface area contributed by atoms with Gasteiger partial charge in [-0.15, -0.1) is 0 Å². The first-order valence-corrected chi connectivity index (χ1v) is 9.63. The van der Waals surface area contributed by atoms with Crippen molar-refractivity contribution in [1.82, 2.24) is 19.4 Å². The van der Waals surface area contributed by atoms with Crippen LogP contribution in [0.5, 0.6) is 0 Å². The Bertz CT molecular complexity index is 647. The van der Waals surface area contributed by atoms with Crippen molar-refractivity contribution in [2.45, 2.75) is 62.9 Å². The fraction of sp³-hybridized carbons (Fsp3) is 0.800. The second kappa shape index (κ2) is 5.94. The van der Waals surface area contributed by atoms with Crippen LogP contribution in [-0.4, -0.2) is 48.3 Å². The van der Waals surface area contributed by atoms with Gasteiger partial charge in [-0.05, 0) is 33.1 Å². The predicted octanol–water partition coefficient (Wildman–Crippen LogP) is 1.33. The second-order valence-corrected chi connectivity index (χ2v) is 8.31. The molecule has 2 aliphatic rings. The van der Waals surface area contributed by atoms with E-state index in [9.17, 15) is 8.42 Å². The van der Waals surface area contributed by atoms with Gasteiger partial charge in [0.15, 0.2) is 0 Å². The van der Waals surface area contributed by atoms with Gasteiger partial charge < -0.3 is 0 Å². The molecular weight excluding hydrogens is 300 g/mol. The molecule has 1 aliphatic carbocycles. The molecule has 0 bridgehead atoms. The molecule has 3 rings (SSSR count). The minimum absolute atomic E-state index is 0.0182. The summed E-state index contributed by atoms with van der Waals surface area (Å²) in [6.45, 7) is 5.39. The van der Waals surface area contributed by atoms with Crippen molar-refractivity contribution in [3.63, 3.8) is 0 Å². The third-order valence-electron chi connectivity index (χ3n) is 5.09. The van der Waals surface area contributed by atoms with Crippen LogP contribution in [0.15, 0.2) is 4.90 Å². The third kappa shape index (κ3) is 2.94. The molecule has 1 saturated heterocycles. The highest BCUT2D eigenvalue weighted by molar-refractivity contribution is 7.89. The van der Waals surface area contributed by atoms with Crippen LogP contribution < -0.4 is 4.72 Å². The van der Waals surface area contributed by atoms with Crippen LogP contribution in [0.1, 0.15) is 43.5 Å². The molecule has 7 heteroatoms. The average Bonchev–Trinajstić information content (AvgIpc) is 3.11. The van der Waals surface area contributed by atoms with Gasteiger partial charge in [-0.3, -0.25) is 9.58 Å². The lowest BCUT2D eigenvalue weighted by Gasteiger charge is -2.23. The number of rotatable bonds is 4. The fourth-order valence-corrected chi connectivity index (χ4v) is 5.61. The molecule has 2 fully saturated rings. The first-order valence-electron chi connectivity index (χ1n) is 8.15. The normalized spacial score (nSPS) is 24.4. The Balaban J connectivity index is 1.70. The number of sulfonamides is 1. The van der Waals surface area contributed by atoms with E-state index in [4.69, 9.17) is 0 Å². The minimum Gasteiger partial charge on any atom is -0.299 e. The van der Waals surface area contributed by atoms with Gasteiger partial charge in [-0.25, -0.2) is 13.1 Å². The molecule has 1 atom stereocenters. The van der Waals surface area contributed by atoms with Crippen molar-refractivity contribution in [3.05, 3.63) is 11.4 Å². The number of nitrogens with one attached hydrogen (secondary N) is 1. The number of aromatic nitrogens is 2. The van der Waals surface area contributed by atoms with Gasteiger partial charge in [-0.2, -0.15) is 5.10 Å². The summed E-state index contributed by atoms with van der Waals surface area (Å²) in [6, 6.07) is 0.681. The van der Waals surface area contributed by atoms with Gasteiger partial charge in [-0.1, -0.05) is 12.8 Å². The molecule has 0 spiro atoms. The summed E-state index contributed by atoms with van der Waals surface area (Å²) in [6.07, 6.45) is 6.05. The Labute approximate surface area is 132 Å². The Hall–Kier alpha value is -0.920. The van der Waals surface area contributed by atoms with Crippen LogP contribution in [0.2, 0.25) is 0 Å². The molecule has 0 unspecified atom stereocenters. The number of aryl methyl sites for hydroxylation is 2. The number of likely N-dealkylation sites (tertiary alicyclic amines) is 1. The molecule has 1 N–H and O–H groups in total. The molecule has 1 aliphatic heterocycles. The summed E-state index contributed by atoms with van der Waals surface area (Å²) in [7, 11) is -1.71. The highest BCUT2D eigenvalue weighted by atomic mass is 32.2. The third-order valence-corrected chi connectivity index (χ3v) is 6.87. The zero-order chi connectivity index (χ0) is 15.9.